The Morgan fingerprint density at radius 3 is 2.71 bits per heavy atom. The molecule has 0 spiro atoms. The molecule has 0 aromatic heterocycles. The van der Waals surface area contributed by atoms with Gasteiger partial charge in [0.1, 0.15) is 0 Å². The number of nitrogens with one attached hydrogen (secondary N) is 1. The minimum atomic E-state index is -2.99. The Kier molecular flexibility index (Phi) is 5.89. The van der Waals surface area contributed by atoms with Crippen LogP contribution in [-0.4, -0.2) is 44.7 Å². The first-order valence-corrected chi connectivity index (χ1v) is 8.25. The molecule has 5 heteroatoms. The highest BCUT2D eigenvalue weighted by molar-refractivity contribution is 7.89. The van der Waals surface area contributed by atoms with Crippen molar-refractivity contribution in [2.45, 2.75) is 33.6 Å². The molecule has 4 nitrogen and oxygen atoms in total. The van der Waals surface area contributed by atoms with Gasteiger partial charge in [-0.25, -0.2) is 12.7 Å². The molecular weight excluding hydrogens is 236 g/mol. The molecule has 1 N–H and O–H groups in total. The zero-order chi connectivity index (χ0) is 12.9. The molecule has 0 amide bonds. The second-order valence-corrected chi connectivity index (χ2v) is 7.58. The van der Waals surface area contributed by atoms with Crippen LogP contribution in [0.15, 0.2) is 0 Å². The lowest BCUT2D eigenvalue weighted by Gasteiger charge is -2.32. The minimum absolute atomic E-state index is 0.221. The SMILES string of the molecule is CCS(=O)(=O)N1CCCC(CNCC(C)C)C1. The third-order valence-corrected chi connectivity index (χ3v) is 5.07. The Hall–Kier alpha value is -0.130. The molecule has 102 valence electrons. The number of hydrogen-bond donors (Lipinski definition) is 1. The molecule has 1 unspecified atom stereocenters. The molecule has 1 rings (SSSR count). The minimum Gasteiger partial charge on any atom is -0.316 e. The van der Waals surface area contributed by atoms with Crippen molar-refractivity contribution in [2.75, 3.05) is 31.9 Å². The lowest BCUT2D eigenvalue weighted by molar-refractivity contribution is 0.258. The molecule has 0 aromatic carbocycles. The summed E-state index contributed by atoms with van der Waals surface area (Å²) in [6, 6.07) is 0. The summed E-state index contributed by atoms with van der Waals surface area (Å²) in [5, 5.41) is 3.42. The summed E-state index contributed by atoms with van der Waals surface area (Å²) in [6.07, 6.45) is 2.13. The van der Waals surface area contributed by atoms with Crippen molar-refractivity contribution in [1.29, 1.82) is 0 Å². The number of piperidine rings is 1. The highest BCUT2D eigenvalue weighted by Gasteiger charge is 2.27. The lowest BCUT2D eigenvalue weighted by Crippen LogP contribution is -2.43. The van der Waals surface area contributed by atoms with Gasteiger partial charge in [-0.3, -0.25) is 0 Å². The lowest BCUT2D eigenvalue weighted by atomic mass is 9.99. The van der Waals surface area contributed by atoms with Crippen molar-refractivity contribution in [1.82, 2.24) is 9.62 Å². The van der Waals surface area contributed by atoms with Crippen LogP contribution >= 0.6 is 0 Å². The highest BCUT2D eigenvalue weighted by Crippen LogP contribution is 2.18. The Labute approximate surface area is 106 Å². The first-order chi connectivity index (χ1) is 7.95. The van der Waals surface area contributed by atoms with Crippen LogP contribution in [0, 0.1) is 11.8 Å². The zero-order valence-corrected chi connectivity index (χ0v) is 12.1. The zero-order valence-electron chi connectivity index (χ0n) is 11.3. The van der Waals surface area contributed by atoms with Gasteiger partial charge in [-0.2, -0.15) is 0 Å². The van der Waals surface area contributed by atoms with Crippen LogP contribution in [0.2, 0.25) is 0 Å². The summed E-state index contributed by atoms with van der Waals surface area (Å²) in [6.45, 7) is 9.43. The number of rotatable bonds is 6. The van der Waals surface area contributed by atoms with Crippen LogP contribution in [0.1, 0.15) is 33.6 Å². The van der Waals surface area contributed by atoms with Crippen molar-refractivity contribution in [3.05, 3.63) is 0 Å². The van der Waals surface area contributed by atoms with Crippen LogP contribution in [0.25, 0.3) is 0 Å². The van der Waals surface area contributed by atoms with E-state index in [1.165, 1.54) is 0 Å². The van der Waals surface area contributed by atoms with E-state index in [9.17, 15) is 8.42 Å². The van der Waals surface area contributed by atoms with E-state index >= 15 is 0 Å². The predicted octanol–water partition coefficient (Wildman–Crippen LogP) is 1.29. The van der Waals surface area contributed by atoms with Gasteiger partial charge in [0.05, 0.1) is 5.75 Å². The summed E-state index contributed by atoms with van der Waals surface area (Å²) in [5.74, 6) is 1.34. The summed E-state index contributed by atoms with van der Waals surface area (Å²) in [5.41, 5.74) is 0. The van der Waals surface area contributed by atoms with E-state index < -0.39 is 10.0 Å². The maximum absolute atomic E-state index is 11.8. The Morgan fingerprint density at radius 1 is 1.41 bits per heavy atom. The molecule has 17 heavy (non-hydrogen) atoms. The van der Waals surface area contributed by atoms with E-state index in [1.807, 2.05) is 0 Å². The van der Waals surface area contributed by atoms with Gasteiger partial charge < -0.3 is 5.32 Å². The topological polar surface area (TPSA) is 49.4 Å². The average Bonchev–Trinajstić information content (AvgIpc) is 2.29. The molecule has 1 atom stereocenters. The molecule has 0 radical (unpaired) electrons. The summed E-state index contributed by atoms with van der Waals surface area (Å²) in [7, 11) is -2.99. The van der Waals surface area contributed by atoms with E-state index in [0.29, 0.717) is 24.9 Å². The van der Waals surface area contributed by atoms with E-state index in [1.54, 1.807) is 11.2 Å². The second-order valence-electron chi connectivity index (χ2n) is 5.32. The largest absolute Gasteiger partial charge is 0.316 e. The van der Waals surface area contributed by atoms with Gasteiger partial charge in [0, 0.05) is 13.1 Å². The Bertz CT molecular complexity index is 314. The van der Waals surface area contributed by atoms with Gasteiger partial charge in [-0.1, -0.05) is 13.8 Å². The first-order valence-electron chi connectivity index (χ1n) is 6.64. The quantitative estimate of drug-likeness (QED) is 0.785. The Balaban J connectivity index is 2.39. The van der Waals surface area contributed by atoms with Crippen molar-refractivity contribution >= 4 is 10.0 Å². The van der Waals surface area contributed by atoms with E-state index in [2.05, 4.69) is 19.2 Å². The molecule has 0 bridgehead atoms. The van der Waals surface area contributed by atoms with E-state index in [0.717, 1.165) is 25.9 Å². The Morgan fingerprint density at radius 2 is 2.12 bits per heavy atom. The number of hydrogen-bond acceptors (Lipinski definition) is 3. The van der Waals surface area contributed by atoms with Gasteiger partial charge in [0.2, 0.25) is 10.0 Å². The molecule has 1 aliphatic rings. The fourth-order valence-corrected chi connectivity index (χ4v) is 3.42. The predicted molar refractivity (Wildman–Crippen MR) is 71.5 cm³/mol. The first kappa shape index (κ1) is 14.9. The standard InChI is InChI=1S/C12H26N2O2S/c1-4-17(15,16)14-7-5-6-12(10-14)9-13-8-11(2)3/h11-13H,4-10H2,1-3H3. The van der Waals surface area contributed by atoms with Crippen LogP contribution in [0.3, 0.4) is 0 Å². The molecule has 1 aliphatic heterocycles. The van der Waals surface area contributed by atoms with E-state index in [4.69, 9.17) is 0 Å². The fraction of sp³-hybridized carbons (Fsp3) is 1.00. The van der Waals surface area contributed by atoms with Crippen molar-refractivity contribution in [3.63, 3.8) is 0 Å². The van der Waals surface area contributed by atoms with Crippen molar-refractivity contribution in [2.24, 2.45) is 11.8 Å². The molecule has 0 aliphatic carbocycles. The number of sulfonamides is 1. The molecule has 0 aromatic rings. The monoisotopic (exact) mass is 262 g/mol. The van der Waals surface area contributed by atoms with Crippen LogP contribution in [-0.2, 0) is 10.0 Å². The molecule has 0 saturated carbocycles. The molecule has 1 heterocycles. The van der Waals surface area contributed by atoms with Crippen LogP contribution in [0.5, 0.6) is 0 Å². The van der Waals surface area contributed by atoms with Gasteiger partial charge in [-0.05, 0) is 44.7 Å². The van der Waals surface area contributed by atoms with Crippen molar-refractivity contribution < 1.29 is 8.42 Å². The summed E-state index contributed by atoms with van der Waals surface area (Å²) < 4.78 is 25.2. The fourth-order valence-electron chi connectivity index (χ4n) is 2.20. The maximum Gasteiger partial charge on any atom is 0.213 e. The van der Waals surface area contributed by atoms with Crippen LogP contribution in [0.4, 0.5) is 0 Å². The second kappa shape index (κ2) is 6.71. The van der Waals surface area contributed by atoms with Crippen molar-refractivity contribution in [3.8, 4) is 0 Å². The van der Waals surface area contributed by atoms with Gasteiger partial charge in [-0.15, -0.1) is 0 Å². The summed E-state index contributed by atoms with van der Waals surface area (Å²) in [4.78, 5) is 0. The van der Waals surface area contributed by atoms with Gasteiger partial charge >= 0.3 is 0 Å². The third kappa shape index (κ3) is 4.94. The average molecular weight is 262 g/mol. The third-order valence-electron chi connectivity index (χ3n) is 3.23. The maximum atomic E-state index is 11.8. The van der Waals surface area contributed by atoms with Gasteiger partial charge in [0.25, 0.3) is 0 Å². The molecule has 1 fully saturated rings. The molecular formula is C12H26N2O2S. The normalized spacial score (nSPS) is 23.2. The smallest absolute Gasteiger partial charge is 0.213 e. The molecule has 1 saturated heterocycles. The number of nitrogens with zero attached hydrogens (tertiary/aromatic N) is 1. The highest BCUT2D eigenvalue weighted by atomic mass is 32.2. The summed E-state index contributed by atoms with van der Waals surface area (Å²) >= 11 is 0. The van der Waals surface area contributed by atoms with E-state index in [-0.39, 0.29) is 5.75 Å². The van der Waals surface area contributed by atoms with Gasteiger partial charge in [0.15, 0.2) is 0 Å². The van der Waals surface area contributed by atoms with Crippen LogP contribution < -0.4 is 5.32 Å².